The molecule has 20 heavy (non-hydrogen) atoms. The van der Waals surface area contributed by atoms with Gasteiger partial charge in [0.05, 0.1) is 0 Å². The van der Waals surface area contributed by atoms with Crippen LogP contribution in [-0.4, -0.2) is 169 Å². The molecular formula is H27Na3O16P. The summed E-state index contributed by atoms with van der Waals surface area (Å²) in [6.07, 6.45) is 0. The Morgan fingerprint density at radius 3 is 0.400 bits per heavy atom. The van der Waals surface area contributed by atoms with Crippen LogP contribution in [0.15, 0.2) is 0 Å². The molecule has 0 heterocycles. The van der Waals surface area contributed by atoms with Gasteiger partial charge >= 0.3 is 7.82 Å². The quantitative estimate of drug-likeness (QED) is 0.270. The minimum atomic E-state index is -4.64. The Morgan fingerprint density at radius 2 is 0.400 bits per heavy atom. The monoisotopic (exact) mass is 383 g/mol. The summed E-state index contributed by atoms with van der Waals surface area (Å²) in [6.45, 7) is 0. The van der Waals surface area contributed by atoms with Crippen LogP contribution in [0.5, 0.6) is 0 Å². The van der Waals surface area contributed by atoms with E-state index in [4.69, 9.17) is 19.2 Å². The third-order valence-corrected chi connectivity index (χ3v) is 0. The first-order valence-corrected chi connectivity index (χ1v) is 2.35. The summed E-state index contributed by atoms with van der Waals surface area (Å²) < 4.78 is 8.88. The first-order chi connectivity index (χ1) is 2.00. The summed E-state index contributed by atoms with van der Waals surface area (Å²) in [6, 6.07) is 0. The summed E-state index contributed by atoms with van der Waals surface area (Å²) in [5, 5.41) is 0. The van der Waals surface area contributed by atoms with Crippen LogP contribution < -0.4 is 0 Å². The SMILES string of the molecule is O.O.O.O.O.O.O.O.O.O.O.O.O=P(O)(O)O.[Na].[Na].[Na]. The molecule has 0 spiro atoms. The molecule has 0 bridgehead atoms. The zero-order valence-electron chi connectivity index (χ0n) is 11.2. The Kier molecular flexibility index (Phi) is 1490. The number of rotatable bonds is 0. The zero-order valence-corrected chi connectivity index (χ0v) is 18.1. The smallest absolute Gasteiger partial charge is 0.412 e. The van der Waals surface area contributed by atoms with Crippen LogP contribution in [0.4, 0.5) is 0 Å². The van der Waals surface area contributed by atoms with E-state index in [1.807, 2.05) is 0 Å². The van der Waals surface area contributed by atoms with Crippen LogP contribution in [0, 0.1) is 0 Å². The van der Waals surface area contributed by atoms with Crippen molar-refractivity contribution < 1.29 is 85.0 Å². The summed E-state index contributed by atoms with van der Waals surface area (Å²) in [4.78, 5) is 21.6. The fraction of sp³-hybridized carbons (Fsp3) is 0. The van der Waals surface area contributed by atoms with Gasteiger partial charge in [-0.15, -0.1) is 0 Å². The van der Waals surface area contributed by atoms with Gasteiger partial charge in [0.25, 0.3) is 0 Å². The molecule has 0 saturated carbocycles. The molecule has 0 rings (SSSR count). The molecule has 3 radical (unpaired) electrons. The Hall–Kier alpha value is 2.63. The van der Waals surface area contributed by atoms with Crippen LogP contribution in [0.25, 0.3) is 0 Å². The Morgan fingerprint density at radius 1 is 0.400 bits per heavy atom. The van der Waals surface area contributed by atoms with Crippen molar-refractivity contribution in [3.8, 4) is 0 Å². The van der Waals surface area contributed by atoms with Crippen LogP contribution >= 0.6 is 7.82 Å². The number of phosphoric acid groups is 1. The van der Waals surface area contributed by atoms with E-state index in [0.717, 1.165) is 0 Å². The van der Waals surface area contributed by atoms with Gasteiger partial charge < -0.3 is 80.4 Å². The van der Waals surface area contributed by atoms with E-state index in [1.54, 1.807) is 0 Å². The van der Waals surface area contributed by atoms with Crippen molar-refractivity contribution in [3.63, 3.8) is 0 Å². The molecule has 0 aromatic heterocycles. The molecule has 16 nitrogen and oxygen atoms in total. The van der Waals surface area contributed by atoms with E-state index in [9.17, 15) is 0 Å². The molecule has 0 aliphatic heterocycles. The first kappa shape index (κ1) is 241. The fourth-order valence-electron chi connectivity index (χ4n) is 0. The second-order valence-electron chi connectivity index (χ2n) is 0.513. The topological polar surface area (TPSA) is 456 Å². The Bertz CT molecular complexity index is 63.9. The molecule has 0 aromatic carbocycles. The summed E-state index contributed by atoms with van der Waals surface area (Å²) in [5.74, 6) is 0. The number of hydrogen-bond acceptors (Lipinski definition) is 1. The van der Waals surface area contributed by atoms with Gasteiger partial charge in [-0.3, -0.25) is 0 Å². The van der Waals surface area contributed by atoms with Crippen molar-refractivity contribution in [2.24, 2.45) is 0 Å². The molecule has 0 unspecified atom stereocenters. The van der Waals surface area contributed by atoms with Crippen molar-refractivity contribution >= 4 is 96.5 Å². The van der Waals surface area contributed by atoms with E-state index in [2.05, 4.69) is 0 Å². The van der Waals surface area contributed by atoms with E-state index in [0.29, 0.717) is 0 Å². The first-order valence-electron chi connectivity index (χ1n) is 0.783. The molecule has 0 saturated heterocycles. The van der Waals surface area contributed by atoms with Crippen LogP contribution in [-0.2, 0) is 4.57 Å². The molecule has 0 fully saturated rings. The summed E-state index contributed by atoms with van der Waals surface area (Å²) in [5.41, 5.74) is 0. The predicted molar refractivity (Wildman–Crippen MR) is 74.9 cm³/mol. The molecular weight excluding hydrogens is 356 g/mol. The van der Waals surface area contributed by atoms with Gasteiger partial charge in [-0.25, -0.2) is 4.57 Å². The molecule has 0 aliphatic rings. The van der Waals surface area contributed by atoms with Gasteiger partial charge in [0.2, 0.25) is 0 Å². The van der Waals surface area contributed by atoms with E-state index in [1.165, 1.54) is 0 Å². The Labute approximate surface area is 179 Å². The third-order valence-electron chi connectivity index (χ3n) is 0. The van der Waals surface area contributed by atoms with Gasteiger partial charge in [0, 0.05) is 88.7 Å². The molecule has 0 aliphatic carbocycles. The number of hydrogen-bond donors (Lipinski definition) is 3. The maximum Gasteiger partial charge on any atom is 0.466 e. The standard InChI is InChI=1S/3Na.H3O4P.12H2O/c;;;1-5(2,3)4;;;;;;;;;;;;/h;;;(H3,1,2,3,4);12*1H2. The van der Waals surface area contributed by atoms with Gasteiger partial charge in [0.1, 0.15) is 0 Å². The van der Waals surface area contributed by atoms with Crippen molar-refractivity contribution in [1.82, 2.24) is 0 Å². The van der Waals surface area contributed by atoms with Crippen molar-refractivity contribution in [2.45, 2.75) is 0 Å². The molecule has 0 amide bonds. The van der Waals surface area contributed by atoms with Crippen LogP contribution in [0.1, 0.15) is 0 Å². The average molecular weight is 383 g/mol. The van der Waals surface area contributed by atoms with Crippen molar-refractivity contribution in [1.29, 1.82) is 0 Å². The average Bonchev–Trinajstić information content (AvgIpc) is 0.722. The van der Waals surface area contributed by atoms with Crippen molar-refractivity contribution in [2.75, 3.05) is 0 Å². The largest absolute Gasteiger partial charge is 0.466 e. The molecule has 20 heteroatoms. The second-order valence-corrected chi connectivity index (χ2v) is 1.54. The van der Waals surface area contributed by atoms with Gasteiger partial charge in [-0.1, -0.05) is 0 Å². The van der Waals surface area contributed by atoms with Crippen LogP contribution in [0.3, 0.4) is 0 Å². The van der Waals surface area contributed by atoms with Crippen molar-refractivity contribution in [3.05, 3.63) is 0 Å². The minimum Gasteiger partial charge on any atom is -0.412 e. The van der Waals surface area contributed by atoms with E-state index in [-0.39, 0.29) is 154 Å². The van der Waals surface area contributed by atoms with Crippen LogP contribution in [0.2, 0.25) is 0 Å². The van der Waals surface area contributed by atoms with E-state index < -0.39 is 7.82 Å². The molecule has 0 aromatic rings. The van der Waals surface area contributed by atoms with Gasteiger partial charge in [-0.2, -0.15) is 0 Å². The zero-order chi connectivity index (χ0) is 4.50. The van der Waals surface area contributed by atoms with E-state index >= 15 is 0 Å². The molecule has 27 N–H and O–H groups in total. The third kappa shape index (κ3) is 1150. The minimum absolute atomic E-state index is 0. The summed E-state index contributed by atoms with van der Waals surface area (Å²) in [7, 11) is -4.64. The second kappa shape index (κ2) is 124. The van der Waals surface area contributed by atoms with Gasteiger partial charge in [-0.05, 0) is 0 Å². The maximum atomic E-state index is 8.88. The molecule has 0 atom stereocenters. The normalized spacial score (nSPS) is 2.95. The predicted octanol–water partition coefficient (Wildman–Crippen LogP) is -12.0. The maximum absolute atomic E-state index is 8.88. The Balaban J connectivity index is -0.000000000762. The summed E-state index contributed by atoms with van der Waals surface area (Å²) >= 11 is 0. The fourth-order valence-corrected chi connectivity index (χ4v) is 0. The van der Waals surface area contributed by atoms with Gasteiger partial charge in [0.15, 0.2) is 0 Å². The molecule has 131 valence electrons.